The molecular weight excluding hydrogens is 490 g/mol. The van der Waals surface area contributed by atoms with Crippen molar-refractivity contribution in [3.05, 3.63) is 60.3 Å². The summed E-state index contributed by atoms with van der Waals surface area (Å²) in [5, 5.41) is 6.70. The zero-order valence-electron chi connectivity index (χ0n) is 21.4. The molecule has 198 valence electrons. The molecule has 3 N–H and O–H groups in total. The predicted octanol–water partition coefficient (Wildman–Crippen LogP) is 3.90. The van der Waals surface area contributed by atoms with Crippen LogP contribution in [0.4, 0.5) is 10.5 Å². The van der Waals surface area contributed by atoms with Gasteiger partial charge in [-0.2, -0.15) is 0 Å². The summed E-state index contributed by atoms with van der Waals surface area (Å²) in [5.41, 5.74) is 2.38. The zero-order valence-corrected chi connectivity index (χ0v) is 22.2. The lowest BCUT2D eigenvalue weighted by molar-refractivity contribution is 0.249. The van der Waals surface area contributed by atoms with Crippen molar-refractivity contribution >= 4 is 32.6 Å². The van der Waals surface area contributed by atoms with Gasteiger partial charge in [0.2, 0.25) is 10.0 Å². The van der Waals surface area contributed by atoms with Crippen molar-refractivity contribution in [3.63, 3.8) is 0 Å². The van der Waals surface area contributed by atoms with Gasteiger partial charge in [0, 0.05) is 36.8 Å². The molecule has 3 aromatic rings. The molecule has 1 aliphatic rings. The molecule has 2 heterocycles. The number of unbranched alkanes of at least 4 members (excludes halogenated alkanes) is 1. The van der Waals surface area contributed by atoms with Gasteiger partial charge >= 0.3 is 6.03 Å². The van der Waals surface area contributed by atoms with Crippen molar-refractivity contribution in [3.8, 4) is 5.75 Å². The molecular formula is C27H35N5O4S. The maximum absolute atomic E-state index is 12.8. The maximum Gasteiger partial charge on any atom is 0.319 e. The van der Waals surface area contributed by atoms with Crippen molar-refractivity contribution < 1.29 is 17.9 Å². The Morgan fingerprint density at radius 1 is 1.16 bits per heavy atom. The predicted molar refractivity (Wildman–Crippen MR) is 146 cm³/mol. The lowest BCUT2D eigenvalue weighted by Crippen LogP contribution is -2.39. The number of fused-ring (bicyclic) bond motifs is 1. The quantitative estimate of drug-likeness (QED) is 0.328. The van der Waals surface area contributed by atoms with Gasteiger partial charge < -0.3 is 15.4 Å². The van der Waals surface area contributed by atoms with Crippen LogP contribution in [0.25, 0.3) is 10.9 Å². The molecule has 0 saturated carbocycles. The van der Waals surface area contributed by atoms with Crippen LogP contribution >= 0.6 is 0 Å². The molecule has 0 aliphatic carbocycles. The average molecular weight is 526 g/mol. The van der Waals surface area contributed by atoms with E-state index in [9.17, 15) is 13.2 Å². The largest absolute Gasteiger partial charge is 0.494 e. The number of pyridine rings is 1. The second kappa shape index (κ2) is 12.4. The molecule has 1 fully saturated rings. The van der Waals surface area contributed by atoms with Crippen LogP contribution in [-0.2, 0) is 10.0 Å². The highest BCUT2D eigenvalue weighted by molar-refractivity contribution is 7.89. The molecule has 37 heavy (non-hydrogen) atoms. The van der Waals surface area contributed by atoms with E-state index in [1.54, 1.807) is 24.3 Å². The fourth-order valence-corrected chi connectivity index (χ4v) is 5.64. The third-order valence-corrected chi connectivity index (χ3v) is 7.84. The van der Waals surface area contributed by atoms with E-state index in [1.165, 1.54) is 0 Å². The fraction of sp³-hybridized carbons (Fsp3) is 0.407. The summed E-state index contributed by atoms with van der Waals surface area (Å²) >= 11 is 0. The third-order valence-electron chi connectivity index (χ3n) is 6.30. The van der Waals surface area contributed by atoms with Gasteiger partial charge in [-0.25, -0.2) is 17.9 Å². The van der Waals surface area contributed by atoms with Crippen molar-refractivity contribution in [2.45, 2.75) is 44.0 Å². The molecule has 4 rings (SSSR count). The number of para-hydroxylation sites is 1. The van der Waals surface area contributed by atoms with Crippen LogP contribution < -0.4 is 20.1 Å². The Hall–Kier alpha value is -3.21. The molecule has 1 aliphatic heterocycles. The number of hydrogen-bond donors (Lipinski definition) is 3. The van der Waals surface area contributed by atoms with Gasteiger partial charge in [-0.1, -0.05) is 31.5 Å². The molecule has 2 amide bonds. The summed E-state index contributed by atoms with van der Waals surface area (Å²) in [6.07, 6.45) is 2.72. The third kappa shape index (κ3) is 7.41. The fourth-order valence-electron chi connectivity index (χ4n) is 4.37. The summed E-state index contributed by atoms with van der Waals surface area (Å²) in [6.45, 7) is 7.04. The molecule has 2 aromatic carbocycles. The normalized spacial score (nSPS) is 16.1. The number of rotatable bonds is 11. The highest BCUT2D eigenvalue weighted by Gasteiger charge is 2.27. The van der Waals surface area contributed by atoms with Crippen molar-refractivity contribution in [2.75, 3.05) is 38.1 Å². The molecule has 9 nitrogen and oxygen atoms in total. The van der Waals surface area contributed by atoms with E-state index in [0.29, 0.717) is 38.4 Å². The lowest BCUT2D eigenvalue weighted by atomic mass is 10.1. The minimum absolute atomic E-state index is 0.175. The number of aryl methyl sites for hydroxylation is 1. The Kier molecular flexibility index (Phi) is 8.96. The van der Waals surface area contributed by atoms with E-state index in [2.05, 4.69) is 32.2 Å². The van der Waals surface area contributed by atoms with E-state index < -0.39 is 10.0 Å². The van der Waals surface area contributed by atoms with Crippen molar-refractivity contribution in [1.29, 1.82) is 0 Å². The highest BCUT2D eigenvalue weighted by Crippen LogP contribution is 2.23. The first-order chi connectivity index (χ1) is 17.8. The topological polar surface area (TPSA) is 113 Å². The van der Waals surface area contributed by atoms with Crippen molar-refractivity contribution in [1.82, 2.24) is 19.9 Å². The number of likely N-dealkylation sites (tertiary alicyclic amines) is 1. The van der Waals surface area contributed by atoms with E-state index in [4.69, 9.17) is 4.74 Å². The minimum Gasteiger partial charge on any atom is -0.494 e. The molecule has 1 atom stereocenters. The molecule has 0 bridgehead atoms. The lowest BCUT2D eigenvalue weighted by Gasteiger charge is -2.17. The standard InChI is InChI=1S/C27H35N5O4S/c1-3-4-17-36-22-9-11-23(12-10-22)37(34,35)31-21-13-15-32(19-21)16-14-28-27(33)30-26-18-20(2)29-25-8-6-5-7-24(25)26/h5-12,18,21,31H,3-4,13-17,19H2,1-2H3,(H2,28,29,30,33). The molecule has 1 saturated heterocycles. The van der Waals surface area contributed by atoms with Crippen LogP contribution in [0.5, 0.6) is 5.75 Å². The van der Waals surface area contributed by atoms with E-state index in [0.717, 1.165) is 41.7 Å². The Morgan fingerprint density at radius 3 is 2.73 bits per heavy atom. The van der Waals surface area contributed by atoms with Crippen LogP contribution in [0, 0.1) is 6.92 Å². The number of ether oxygens (including phenoxy) is 1. The average Bonchev–Trinajstić information content (AvgIpc) is 3.30. The van der Waals surface area contributed by atoms with E-state index >= 15 is 0 Å². The van der Waals surface area contributed by atoms with E-state index in [-0.39, 0.29) is 17.0 Å². The number of urea groups is 1. The second-order valence-corrected chi connectivity index (χ2v) is 11.0. The second-order valence-electron chi connectivity index (χ2n) is 9.29. The molecule has 1 unspecified atom stereocenters. The maximum atomic E-state index is 12.8. The number of nitrogens with zero attached hydrogens (tertiary/aromatic N) is 2. The number of anilines is 1. The SMILES string of the molecule is CCCCOc1ccc(S(=O)(=O)NC2CCN(CCNC(=O)Nc3cc(C)nc4ccccc34)C2)cc1. The number of carbonyl (C=O) groups is 1. The first-order valence-corrected chi connectivity index (χ1v) is 14.2. The van der Waals surface area contributed by atoms with Crippen LogP contribution in [0.3, 0.4) is 0 Å². The number of hydrogen-bond acceptors (Lipinski definition) is 6. The first-order valence-electron chi connectivity index (χ1n) is 12.7. The minimum atomic E-state index is -3.62. The highest BCUT2D eigenvalue weighted by atomic mass is 32.2. The van der Waals surface area contributed by atoms with Crippen LogP contribution in [0.1, 0.15) is 31.9 Å². The van der Waals surface area contributed by atoms with E-state index in [1.807, 2.05) is 37.3 Å². The number of sulfonamides is 1. The summed E-state index contributed by atoms with van der Waals surface area (Å²) in [6, 6.07) is 15.6. The summed E-state index contributed by atoms with van der Waals surface area (Å²) in [4.78, 5) is 19.4. The van der Waals surface area contributed by atoms with Gasteiger partial charge in [-0.15, -0.1) is 0 Å². The van der Waals surface area contributed by atoms with Gasteiger partial charge in [0.1, 0.15) is 5.75 Å². The Bertz CT molecular complexity index is 1310. The molecule has 10 heteroatoms. The van der Waals surface area contributed by atoms with Gasteiger partial charge in [-0.05, 0) is 62.7 Å². The Labute approximate surface area is 218 Å². The number of benzene rings is 2. The molecule has 0 radical (unpaired) electrons. The molecule has 1 aromatic heterocycles. The van der Waals surface area contributed by atoms with Crippen LogP contribution in [0.15, 0.2) is 59.5 Å². The van der Waals surface area contributed by atoms with Gasteiger partial charge in [-0.3, -0.25) is 9.88 Å². The zero-order chi connectivity index (χ0) is 26.3. The Morgan fingerprint density at radius 2 is 1.95 bits per heavy atom. The van der Waals surface area contributed by atoms with Gasteiger partial charge in [0.05, 0.1) is 22.7 Å². The van der Waals surface area contributed by atoms with Crippen LogP contribution in [-0.4, -0.2) is 63.2 Å². The number of amides is 2. The van der Waals surface area contributed by atoms with Crippen LogP contribution in [0.2, 0.25) is 0 Å². The summed E-state index contributed by atoms with van der Waals surface area (Å²) in [5.74, 6) is 0.670. The number of aromatic nitrogens is 1. The number of carbonyl (C=O) groups excluding carboxylic acids is 1. The summed E-state index contributed by atoms with van der Waals surface area (Å²) < 4.78 is 34.1. The number of nitrogens with one attached hydrogen (secondary N) is 3. The monoisotopic (exact) mass is 525 g/mol. The first kappa shape index (κ1) is 26.8. The van der Waals surface area contributed by atoms with Gasteiger partial charge in [0.25, 0.3) is 0 Å². The smallest absolute Gasteiger partial charge is 0.319 e. The summed E-state index contributed by atoms with van der Waals surface area (Å²) in [7, 11) is -3.62. The van der Waals surface area contributed by atoms with Gasteiger partial charge in [0.15, 0.2) is 0 Å². The van der Waals surface area contributed by atoms with Crippen molar-refractivity contribution in [2.24, 2.45) is 0 Å². The Balaban J connectivity index is 1.22. The molecule has 0 spiro atoms.